The first-order chi connectivity index (χ1) is 19.2. The van der Waals surface area contributed by atoms with E-state index in [1.165, 1.54) is 18.2 Å². The number of nitrogens with zero attached hydrogens (tertiary/aromatic N) is 5. The van der Waals surface area contributed by atoms with Crippen molar-refractivity contribution in [3.8, 4) is 0 Å². The van der Waals surface area contributed by atoms with Gasteiger partial charge in [-0.15, -0.1) is 0 Å². The quantitative estimate of drug-likeness (QED) is 0.156. The zero-order valence-corrected chi connectivity index (χ0v) is 20.4. The second kappa shape index (κ2) is 10.4. The number of tetrazole rings is 1. The van der Waals surface area contributed by atoms with Crippen LogP contribution in [-0.4, -0.2) is 47.9 Å². The number of fused-ring (bicyclic) bond motifs is 1. The minimum Gasteiger partial charge on any atom is -0.478 e. The first-order valence-electron chi connectivity index (χ1n) is 11.6. The Kier molecular flexibility index (Phi) is 6.67. The Bertz CT molecular complexity index is 1860. The highest BCUT2D eigenvalue weighted by Gasteiger charge is 2.20. The van der Waals surface area contributed by atoms with Crippen molar-refractivity contribution in [1.29, 1.82) is 0 Å². The number of hydrogen-bond donors (Lipinski definition) is 5. The summed E-state index contributed by atoms with van der Waals surface area (Å²) in [5.74, 6) is -2.32. The predicted octanol–water partition coefficient (Wildman–Crippen LogP) is -0.000700. The number of anilines is 3. The lowest BCUT2D eigenvalue weighted by atomic mass is 10.1. The SMILES string of the molecule is Nc1c(Nc2cccc(CNC(=O)c3cc(C(=O)NCc4ccc(C(=O)O)cc4)nc4nnnn34)c2)c(=O)c1=O. The molecule has 6 N–H and O–H groups in total. The molecule has 3 aromatic carbocycles. The molecular formula is C25H19N9O6. The Balaban J connectivity index is 1.27. The van der Waals surface area contributed by atoms with Crippen LogP contribution in [0.3, 0.4) is 0 Å². The van der Waals surface area contributed by atoms with Gasteiger partial charge in [0.05, 0.1) is 5.56 Å². The topological polar surface area (TPSA) is 224 Å². The molecule has 0 fully saturated rings. The third-order valence-corrected chi connectivity index (χ3v) is 5.89. The molecule has 0 radical (unpaired) electrons. The molecule has 15 nitrogen and oxygen atoms in total. The van der Waals surface area contributed by atoms with Gasteiger partial charge in [-0.2, -0.15) is 4.52 Å². The number of nitrogens with one attached hydrogen (secondary N) is 3. The molecule has 2 aromatic heterocycles. The highest BCUT2D eigenvalue weighted by Crippen LogP contribution is 2.19. The van der Waals surface area contributed by atoms with E-state index in [4.69, 9.17) is 10.8 Å². The summed E-state index contributed by atoms with van der Waals surface area (Å²) in [6.45, 7) is 0.153. The van der Waals surface area contributed by atoms with Crippen LogP contribution in [0.1, 0.15) is 42.5 Å². The van der Waals surface area contributed by atoms with E-state index in [9.17, 15) is 24.0 Å². The molecule has 0 spiro atoms. The van der Waals surface area contributed by atoms with E-state index < -0.39 is 28.6 Å². The van der Waals surface area contributed by atoms with Crippen molar-refractivity contribution in [3.63, 3.8) is 0 Å². The number of carbonyl (C=O) groups excluding carboxylic acids is 2. The third kappa shape index (κ3) is 5.06. The Morgan fingerprint density at radius 3 is 2.35 bits per heavy atom. The second-order valence-corrected chi connectivity index (χ2v) is 8.56. The minimum atomic E-state index is -1.06. The van der Waals surface area contributed by atoms with Crippen LogP contribution in [0.2, 0.25) is 0 Å². The summed E-state index contributed by atoms with van der Waals surface area (Å²) in [6.07, 6.45) is 0. The summed E-state index contributed by atoms with van der Waals surface area (Å²) < 4.78 is 1.09. The summed E-state index contributed by atoms with van der Waals surface area (Å²) in [6, 6.07) is 14.0. The molecule has 0 atom stereocenters. The molecule has 2 amide bonds. The van der Waals surface area contributed by atoms with E-state index in [0.29, 0.717) is 16.8 Å². The molecule has 5 rings (SSSR count). The van der Waals surface area contributed by atoms with Crippen LogP contribution in [0, 0.1) is 0 Å². The lowest BCUT2D eigenvalue weighted by Gasteiger charge is -2.12. The molecule has 200 valence electrons. The smallest absolute Gasteiger partial charge is 0.335 e. The van der Waals surface area contributed by atoms with E-state index in [1.54, 1.807) is 36.4 Å². The molecule has 5 aromatic rings. The van der Waals surface area contributed by atoms with Gasteiger partial charge >= 0.3 is 5.97 Å². The monoisotopic (exact) mass is 541 g/mol. The average Bonchev–Trinajstić information content (AvgIpc) is 3.45. The van der Waals surface area contributed by atoms with Gasteiger partial charge in [0.2, 0.25) is 0 Å². The number of benzene rings is 2. The van der Waals surface area contributed by atoms with Gasteiger partial charge in [-0.25, -0.2) is 9.78 Å². The van der Waals surface area contributed by atoms with Crippen LogP contribution in [0.5, 0.6) is 0 Å². The Hall–Kier alpha value is -5.99. The van der Waals surface area contributed by atoms with Crippen LogP contribution < -0.4 is 32.5 Å². The van der Waals surface area contributed by atoms with E-state index in [-0.39, 0.29) is 47.2 Å². The van der Waals surface area contributed by atoms with Gasteiger partial charge in [0.1, 0.15) is 22.8 Å². The zero-order valence-electron chi connectivity index (χ0n) is 20.4. The van der Waals surface area contributed by atoms with Crippen LogP contribution in [0.15, 0.2) is 64.2 Å². The number of rotatable bonds is 9. The van der Waals surface area contributed by atoms with Crippen molar-refractivity contribution in [1.82, 2.24) is 35.7 Å². The lowest BCUT2D eigenvalue weighted by Crippen LogP contribution is -2.36. The Labute approximate surface area is 223 Å². The van der Waals surface area contributed by atoms with Gasteiger partial charge in [-0.3, -0.25) is 19.2 Å². The van der Waals surface area contributed by atoms with Crippen LogP contribution in [-0.2, 0) is 13.1 Å². The third-order valence-electron chi connectivity index (χ3n) is 5.89. The van der Waals surface area contributed by atoms with Crippen molar-refractivity contribution < 1.29 is 19.5 Å². The van der Waals surface area contributed by atoms with E-state index >= 15 is 0 Å². The second-order valence-electron chi connectivity index (χ2n) is 8.56. The van der Waals surface area contributed by atoms with Crippen molar-refractivity contribution in [3.05, 3.63) is 103 Å². The van der Waals surface area contributed by atoms with Crippen molar-refractivity contribution in [2.75, 3.05) is 11.1 Å². The number of carboxylic acid groups (broad SMARTS) is 1. The molecule has 0 saturated heterocycles. The molecule has 0 unspecified atom stereocenters. The number of amides is 2. The molecular weight excluding hydrogens is 522 g/mol. The molecule has 0 aliphatic carbocycles. The standard InChI is InChI=1S/C25H19N9O6/c26-18-19(21(36)20(18)35)29-15-3-1-2-13(8-15)11-28-23(38)17-9-16(30-25-31-32-33-34(17)25)22(37)27-10-12-4-6-14(7-5-12)24(39)40/h1-9,29H,10-11,26H2,(H,27,37)(H,28,38)(H,39,40). The summed E-state index contributed by atoms with van der Waals surface area (Å²) >= 11 is 0. The van der Waals surface area contributed by atoms with Gasteiger partial charge in [0.25, 0.3) is 28.4 Å². The predicted molar refractivity (Wildman–Crippen MR) is 140 cm³/mol. The van der Waals surface area contributed by atoms with Crippen molar-refractivity contribution in [2.45, 2.75) is 13.1 Å². The average molecular weight is 541 g/mol. The Morgan fingerprint density at radius 1 is 0.900 bits per heavy atom. The number of nitrogen functional groups attached to an aromatic ring is 1. The number of aromatic nitrogens is 5. The number of carboxylic acids is 1. The van der Waals surface area contributed by atoms with E-state index in [1.807, 2.05) is 0 Å². The first-order valence-corrected chi connectivity index (χ1v) is 11.6. The molecule has 2 heterocycles. The number of carbonyl (C=O) groups is 3. The molecule has 40 heavy (non-hydrogen) atoms. The van der Waals surface area contributed by atoms with Gasteiger partial charge in [-0.1, -0.05) is 29.4 Å². The highest BCUT2D eigenvalue weighted by atomic mass is 16.4. The molecule has 0 saturated carbocycles. The van der Waals surface area contributed by atoms with E-state index in [0.717, 1.165) is 4.52 Å². The largest absolute Gasteiger partial charge is 0.478 e. The maximum absolute atomic E-state index is 13.1. The zero-order chi connectivity index (χ0) is 28.4. The fourth-order valence-corrected chi connectivity index (χ4v) is 3.76. The van der Waals surface area contributed by atoms with E-state index in [2.05, 4.69) is 36.5 Å². The summed E-state index contributed by atoms with van der Waals surface area (Å²) in [5.41, 5.74) is 5.78. The van der Waals surface area contributed by atoms with Crippen LogP contribution in [0.4, 0.5) is 17.1 Å². The number of aromatic carboxylic acids is 1. The maximum Gasteiger partial charge on any atom is 0.335 e. The maximum atomic E-state index is 13.1. The minimum absolute atomic E-state index is 0.0205. The van der Waals surface area contributed by atoms with Crippen molar-refractivity contribution >= 4 is 40.6 Å². The highest BCUT2D eigenvalue weighted by molar-refractivity contribution is 5.98. The van der Waals surface area contributed by atoms with Gasteiger partial charge in [0.15, 0.2) is 0 Å². The number of hydrogen-bond acceptors (Lipinski definition) is 11. The molecule has 0 aliphatic rings. The molecule has 0 bridgehead atoms. The van der Waals surface area contributed by atoms with Gasteiger partial charge in [-0.05, 0) is 45.8 Å². The van der Waals surface area contributed by atoms with Gasteiger partial charge in [0, 0.05) is 24.8 Å². The van der Waals surface area contributed by atoms with Gasteiger partial charge < -0.3 is 26.8 Å². The first kappa shape index (κ1) is 25.7. The molecule has 0 aliphatic heterocycles. The van der Waals surface area contributed by atoms with Crippen molar-refractivity contribution in [2.24, 2.45) is 0 Å². The fourth-order valence-electron chi connectivity index (χ4n) is 3.76. The number of nitrogens with two attached hydrogens (primary N) is 1. The summed E-state index contributed by atoms with van der Waals surface area (Å²) in [5, 5.41) is 28.2. The fraction of sp³-hybridized carbons (Fsp3) is 0.0800. The lowest BCUT2D eigenvalue weighted by molar-refractivity contribution is 0.0696. The van der Waals surface area contributed by atoms with Crippen LogP contribution >= 0.6 is 0 Å². The summed E-state index contributed by atoms with van der Waals surface area (Å²) in [7, 11) is 0. The normalized spacial score (nSPS) is 10.9. The molecule has 15 heteroatoms. The van der Waals surface area contributed by atoms with Crippen LogP contribution in [0.25, 0.3) is 5.78 Å². The summed E-state index contributed by atoms with van der Waals surface area (Å²) in [4.78, 5) is 63.9. The Morgan fingerprint density at radius 2 is 1.62 bits per heavy atom.